The minimum atomic E-state index is -0.387. The number of ether oxygens (including phenoxy) is 1. The van der Waals surface area contributed by atoms with Crippen LogP contribution in [0.1, 0.15) is 34.4 Å². The van der Waals surface area contributed by atoms with Gasteiger partial charge in [-0.25, -0.2) is 9.13 Å². The van der Waals surface area contributed by atoms with E-state index in [-0.39, 0.29) is 31.2 Å². The summed E-state index contributed by atoms with van der Waals surface area (Å²) in [6.45, 7) is 0.770. The third-order valence-electron chi connectivity index (χ3n) is 6.52. The Hall–Kier alpha value is -1.92. The van der Waals surface area contributed by atoms with Gasteiger partial charge >= 0.3 is 0 Å². The van der Waals surface area contributed by atoms with Crippen molar-refractivity contribution in [2.45, 2.75) is 25.3 Å². The zero-order chi connectivity index (χ0) is 28.2. The Morgan fingerprint density at radius 2 is 1.20 bits per heavy atom. The number of hydrogen-bond acceptors (Lipinski definition) is 1. The predicted octanol–water partition coefficient (Wildman–Crippen LogP) is 10.7. The Labute approximate surface area is 275 Å². The monoisotopic (exact) mass is 685 g/mol. The number of halogens is 7. The van der Waals surface area contributed by atoms with Crippen molar-refractivity contribution < 1.29 is 9.30 Å². The Bertz CT molecular complexity index is 1560. The summed E-state index contributed by atoms with van der Waals surface area (Å²) in [4.78, 5) is 0. The topological polar surface area (TPSA) is 18.0 Å². The number of benzene rings is 4. The maximum Gasteiger partial charge on any atom is 0.244 e. The van der Waals surface area contributed by atoms with E-state index in [1.807, 2.05) is 79.4 Å². The second kappa shape index (κ2) is 14.5. The number of imidazole rings is 1. The van der Waals surface area contributed by atoms with Crippen LogP contribution in [0, 0.1) is 0 Å². The summed E-state index contributed by atoms with van der Waals surface area (Å²) in [5.41, 5.74) is 3.82. The average molecular weight is 689 g/mol. The molecular formula is C31H24Cl7N2O+. The summed E-state index contributed by atoms with van der Waals surface area (Å²) in [6.07, 6.45) is 5.70. The zero-order valence-electron chi connectivity index (χ0n) is 21.4. The summed E-state index contributed by atoms with van der Waals surface area (Å²) in [7, 11) is 0. The highest BCUT2D eigenvalue weighted by Gasteiger charge is 2.25. The van der Waals surface area contributed by atoms with Gasteiger partial charge in [0.2, 0.25) is 6.33 Å². The second-order valence-corrected chi connectivity index (χ2v) is 11.8. The SMILES string of the molecule is Cl.Clc1ccc(C(c2ccc(Cl)cc2)n2cc[n+](CC(OCc3ccc(Cl)cc3Cl)c3ccc(Cl)cc3Cl)c2)cc1. The fourth-order valence-electron chi connectivity index (χ4n) is 4.52. The number of hydrogen-bond donors (Lipinski definition) is 0. The molecule has 0 saturated carbocycles. The molecule has 5 aromatic rings. The molecule has 5 rings (SSSR count). The van der Waals surface area contributed by atoms with Gasteiger partial charge in [0.1, 0.15) is 25.0 Å². The Morgan fingerprint density at radius 1 is 0.659 bits per heavy atom. The third kappa shape index (κ3) is 8.13. The normalized spacial score (nSPS) is 11.9. The predicted molar refractivity (Wildman–Crippen MR) is 172 cm³/mol. The van der Waals surface area contributed by atoms with Gasteiger partial charge in [0.25, 0.3) is 0 Å². The number of rotatable bonds is 9. The van der Waals surface area contributed by atoms with Crippen LogP contribution < -0.4 is 4.57 Å². The van der Waals surface area contributed by atoms with Gasteiger partial charge in [0.15, 0.2) is 6.04 Å². The first-order valence-electron chi connectivity index (χ1n) is 12.3. The third-order valence-corrected chi connectivity index (χ3v) is 8.18. The van der Waals surface area contributed by atoms with Crippen LogP contribution in [-0.2, 0) is 17.9 Å². The standard InChI is InChI=1S/C31H23Cl6N2O.ClH/c32-23-6-1-20(2-7-23)31(21-3-8-24(33)9-4-21)39-14-13-38(19-39)17-30(27-12-11-26(35)16-29(27)37)40-18-22-5-10-25(34)15-28(22)36;/h1-16,19,30-31H,17-18H2;1H/q+1;. The summed E-state index contributed by atoms with van der Waals surface area (Å²) >= 11 is 37.7. The summed E-state index contributed by atoms with van der Waals surface area (Å²) < 4.78 is 10.6. The molecule has 1 heterocycles. The van der Waals surface area contributed by atoms with E-state index in [0.717, 1.165) is 22.3 Å². The van der Waals surface area contributed by atoms with E-state index in [1.54, 1.807) is 24.3 Å². The zero-order valence-corrected chi connectivity index (χ0v) is 26.7. The highest BCUT2D eigenvalue weighted by atomic mass is 35.5. The first-order chi connectivity index (χ1) is 19.3. The minimum Gasteiger partial charge on any atom is -0.365 e. The molecule has 4 aromatic carbocycles. The number of nitrogens with zero attached hydrogens (tertiary/aromatic N) is 2. The van der Waals surface area contributed by atoms with E-state index in [9.17, 15) is 0 Å². The molecule has 0 spiro atoms. The van der Waals surface area contributed by atoms with Gasteiger partial charge in [-0.1, -0.05) is 106 Å². The molecule has 0 saturated heterocycles. The van der Waals surface area contributed by atoms with E-state index in [2.05, 4.69) is 9.13 Å². The molecule has 0 amide bonds. The fourth-order valence-corrected chi connectivity index (χ4v) is 5.77. The molecule has 0 aliphatic carbocycles. The summed E-state index contributed by atoms with van der Waals surface area (Å²) in [5.74, 6) is 0. The van der Waals surface area contributed by atoms with Crippen molar-refractivity contribution in [3.05, 3.63) is 156 Å². The van der Waals surface area contributed by atoms with E-state index in [4.69, 9.17) is 74.3 Å². The van der Waals surface area contributed by atoms with Crippen molar-refractivity contribution in [3.63, 3.8) is 0 Å². The Balaban J connectivity index is 0.00000387. The first kappa shape index (κ1) is 32.0. The maximum atomic E-state index is 6.62. The van der Waals surface area contributed by atoms with Gasteiger partial charge in [-0.15, -0.1) is 12.4 Å². The van der Waals surface area contributed by atoms with Crippen molar-refractivity contribution in [3.8, 4) is 0 Å². The molecule has 1 aromatic heterocycles. The summed E-state index contributed by atoms with van der Waals surface area (Å²) in [6, 6.07) is 26.4. The lowest BCUT2D eigenvalue weighted by Gasteiger charge is -2.19. The lowest BCUT2D eigenvalue weighted by atomic mass is 9.98. The summed E-state index contributed by atoms with van der Waals surface area (Å²) in [5, 5.41) is 3.56. The van der Waals surface area contributed by atoms with E-state index >= 15 is 0 Å². The van der Waals surface area contributed by atoms with Gasteiger partial charge in [-0.05, 0) is 54.1 Å². The molecule has 0 N–H and O–H groups in total. The molecule has 212 valence electrons. The molecule has 0 aliphatic rings. The number of aromatic nitrogens is 2. The van der Waals surface area contributed by atoms with Crippen LogP contribution in [0.4, 0.5) is 0 Å². The van der Waals surface area contributed by atoms with Crippen LogP contribution in [0.3, 0.4) is 0 Å². The minimum absolute atomic E-state index is 0. The average Bonchev–Trinajstić information content (AvgIpc) is 3.38. The molecule has 0 fully saturated rings. The van der Waals surface area contributed by atoms with Crippen molar-refractivity contribution in [2.24, 2.45) is 0 Å². The molecule has 0 bridgehead atoms. The van der Waals surface area contributed by atoms with E-state index in [0.29, 0.717) is 36.7 Å². The molecule has 41 heavy (non-hydrogen) atoms. The first-order valence-corrected chi connectivity index (χ1v) is 14.6. The molecule has 3 nitrogen and oxygen atoms in total. The molecular weight excluding hydrogens is 665 g/mol. The fraction of sp³-hybridized carbons (Fsp3) is 0.129. The van der Waals surface area contributed by atoms with Crippen molar-refractivity contribution in [1.29, 1.82) is 0 Å². The van der Waals surface area contributed by atoms with Crippen LogP contribution in [0.2, 0.25) is 30.1 Å². The highest BCUT2D eigenvalue weighted by Crippen LogP contribution is 2.32. The Kier molecular flexibility index (Phi) is 11.3. The van der Waals surface area contributed by atoms with E-state index < -0.39 is 0 Å². The highest BCUT2D eigenvalue weighted by molar-refractivity contribution is 6.35. The second-order valence-electron chi connectivity index (χ2n) is 9.26. The van der Waals surface area contributed by atoms with Crippen LogP contribution in [0.15, 0.2) is 104 Å². The van der Waals surface area contributed by atoms with Gasteiger partial charge in [0, 0.05) is 46.8 Å². The smallest absolute Gasteiger partial charge is 0.244 e. The van der Waals surface area contributed by atoms with E-state index in [1.165, 1.54) is 0 Å². The molecule has 0 radical (unpaired) electrons. The largest absolute Gasteiger partial charge is 0.365 e. The van der Waals surface area contributed by atoms with Crippen LogP contribution >= 0.6 is 82.0 Å². The maximum absolute atomic E-state index is 6.62. The molecule has 1 atom stereocenters. The van der Waals surface area contributed by atoms with Crippen LogP contribution in [0.5, 0.6) is 0 Å². The van der Waals surface area contributed by atoms with Gasteiger partial charge < -0.3 is 4.74 Å². The van der Waals surface area contributed by atoms with Gasteiger partial charge in [0.05, 0.1) is 6.61 Å². The lowest BCUT2D eigenvalue weighted by molar-refractivity contribution is -0.705. The van der Waals surface area contributed by atoms with Crippen LogP contribution in [-0.4, -0.2) is 4.57 Å². The molecule has 0 aliphatic heterocycles. The molecule has 10 heteroatoms. The van der Waals surface area contributed by atoms with Gasteiger partial charge in [-0.3, -0.25) is 0 Å². The van der Waals surface area contributed by atoms with Crippen molar-refractivity contribution >= 4 is 82.0 Å². The lowest BCUT2D eigenvalue weighted by Crippen LogP contribution is -2.36. The quantitative estimate of drug-likeness (QED) is 0.141. The van der Waals surface area contributed by atoms with Gasteiger partial charge in [-0.2, -0.15) is 0 Å². The Morgan fingerprint density at radius 3 is 1.76 bits per heavy atom. The van der Waals surface area contributed by atoms with Crippen LogP contribution in [0.25, 0.3) is 0 Å². The molecule has 1 unspecified atom stereocenters. The van der Waals surface area contributed by atoms with Crippen molar-refractivity contribution in [2.75, 3.05) is 0 Å². The van der Waals surface area contributed by atoms with Crippen molar-refractivity contribution in [1.82, 2.24) is 4.57 Å².